The molecule has 156 valence electrons. The summed E-state index contributed by atoms with van der Waals surface area (Å²) in [5.74, 6) is 1.21. The molecule has 0 radical (unpaired) electrons. The van der Waals surface area contributed by atoms with Crippen LogP contribution in [0.15, 0.2) is 78.9 Å². The Morgan fingerprint density at radius 3 is 1.84 bits per heavy atom. The molecule has 0 aromatic heterocycles. The van der Waals surface area contributed by atoms with Gasteiger partial charge in [0.05, 0.1) is 26.4 Å². The highest BCUT2D eigenvalue weighted by molar-refractivity contribution is 6.13. The maximum Gasteiger partial charge on any atom is 0.338 e. The van der Waals surface area contributed by atoms with Crippen LogP contribution in [0, 0.1) is 0 Å². The van der Waals surface area contributed by atoms with E-state index in [0.29, 0.717) is 12.2 Å². The summed E-state index contributed by atoms with van der Waals surface area (Å²) in [4.78, 5) is 13.0. The zero-order valence-corrected chi connectivity index (χ0v) is 17.8. The summed E-state index contributed by atoms with van der Waals surface area (Å²) < 4.78 is 16.0. The van der Waals surface area contributed by atoms with Crippen molar-refractivity contribution in [1.82, 2.24) is 0 Å². The number of fused-ring (bicyclic) bond motifs is 1. The van der Waals surface area contributed by atoms with Crippen molar-refractivity contribution in [3.63, 3.8) is 0 Å². The van der Waals surface area contributed by atoms with Crippen molar-refractivity contribution in [2.24, 2.45) is 0 Å². The largest absolute Gasteiger partial charge is 0.497 e. The molecule has 4 rings (SSSR count). The summed E-state index contributed by atoms with van der Waals surface area (Å²) in [7, 11) is 3.28. The van der Waals surface area contributed by atoms with Crippen molar-refractivity contribution in [3.05, 3.63) is 84.4 Å². The molecule has 0 aliphatic carbocycles. The summed E-state index contributed by atoms with van der Waals surface area (Å²) in [6.07, 6.45) is 0. The van der Waals surface area contributed by atoms with E-state index in [1.165, 1.54) is 0 Å². The molecule has 0 heterocycles. The lowest BCUT2D eigenvalue weighted by Gasteiger charge is -2.17. The van der Waals surface area contributed by atoms with Crippen LogP contribution in [0.3, 0.4) is 0 Å². The predicted octanol–water partition coefficient (Wildman–Crippen LogP) is 6.37. The monoisotopic (exact) mass is 412 g/mol. The quantitative estimate of drug-likeness (QED) is 0.345. The van der Waals surface area contributed by atoms with Gasteiger partial charge < -0.3 is 14.2 Å². The summed E-state index contributed by atoms with van der Waals surface area (Å²) in [6, 6.07) is 25.6. The Morgan fingerprint density at radius 1 is 0.742 bits per heavy atom. The smallest absolute Gasteiger partial charge is 0.338 e. The van der Waals surface area contributed by atoms with Gasteiger partial charge in [0.15, 0.2) is 0 Å². The van der Waals surface area contributed by atoms with Gasteiger partial charge in [-0.3, -0.25) is 0 Å². The molecule has 4 aromatic rings. The number of hydrogen-bond donors (Lipinski definition) is 0. The van der Waals surface area contributed by atoms with Crippen LogP contribution in [0.5, 0.6) is 11.5 Å². The average Bonchev–Trinajstić information content (AvgIpc) is 2.83. The molecule has 0 aliphatic rings. The van der Waals surface area contributed by atoms with Gasteiger partial charge >= 0.3 is 5.97 Å². The highest BCUT2D eigenvalue weighted by Gasteiger charge is 2.20. The number of methoxy groups -OCH3 is 2. The molecular formula is C27H24O4. The normalized spacial score (nSPS) is 10.7. The second-order valence-electron chi connectivity index (χ2n) is 7.07. The first-order chi connectivity index (χ1) is 15.2. The number of rotatable bonds is 6. The number of hydrogen-bond acceptors (Lipinski definition) is 4. The maximum absolute atomic E-state index is 13.0. The second-order valence-corrected chi connectivity index (χ2v) is 7.07. The molecule has 0 unspecified atom stereocenters. The fourth-order valence-electron chi connectivity index (χ4n) is 3.82. The van der Waals surface area contributed by atoms with Crippen LogP contribution in [-0.2, 0) is 4.74 Å². The van der Waals surface area contributed by atoms with Crippen molar-refractivity contribution in [1.29, 1.82) is 0 Å². The molecule has 0 saturated heterocycles. The summed E-state index contributed by atoms with van der Waals surface area (Å²) in [6.45, 7) is 2.13. The fraction of sp³-hybridized carbons (Fsp3) is 0.148. The lowest BCUT2D eigenvalue weighted by Crippen LogP contribution is -2.07. The van der Waals surface area contributed by atoms with Crippen LogP contribution < -0.4 is 9.47 Å². The van der Waals surface area contributed by atoms with E-state index in [4.69, 9.17) is 14.2 Å². The standard InChI is InChI=1S/C27H24O4/c1-4-31-27(28)25-17-24(18-9-13-20(29-2)14-10-18)22-7-5-6-8-23(22)26(25)19-11-15-21(30-3)16-12-19/h5-17H,4H2,1-3H3. The zero-order chi connectivity index (χ0) is 21.8. The van der Waals surface area contributed by atoms with E-state index in [-0.39, 0.29) is 5.97 Å². The molecule has 0 amide bonds. The molecule has 0 aliphatic heterocycles. The molecule has 31 heavy (non-hydrogen) atoms. The Hall–Kier alpha value is -3.79. The molecule has 4 heteroatoms. The third kappa shape index (κ3) is 3.97. The topological polar surface area (TPSA) is 44.8 Å². The molecule has 4 nitrogen and oxygen atoms in total. The minimum absolute atomic E-state index is 0.311. The van der Waals surface area contributed by atoms with Crippen molar-refractivity contribution in [2.75, 3.05) is 20.8 Å². The number of esters is 1. The van der Waals surface area contributed by atoms with Gasteiger partial charge in [0.25, 0.3) is 0 Å². The van der Waals surface area contributed by atoms with Crippen LogP contribution in [0.2, 0.25) is 0 Å². The van der Waals surface area contributed by atoms with Gasteiger partial charge in [-0.15, -0.1) is 0 Å². The zero-order valence-electron chi connectivity index (χ0n) is 17.8. The Balaban J connectivity index is 2.01. The minimum Gasteiger partial charge on any atom is -0.497 e. The average molecular weight is 412 g/mol. The first-order valence-corrected chi connectivity index (χ1v) is 10.2. The van der Waals surface area contributed by atoms with E-state index in [9.17, 15) is 4.79 Å². The third-order valence-corrected chi connectivity index (χ3v) is 5.32. The first kappa shape index (κ1) is 20.5. The highest BCUT2D eigenvalue weighted by Crippen LogP contribution is 2.39. The lowest BCUT2D eigenvalue weighted by molar-refractivity contribution is 0.0527. The molecule has 0 saturated carbocycles. The van der Waals surface area contributed by atoms with Crippen LogP contribution in [0.1, 0.15) is 17.3 Å². The second kappa shape index (κ2) is 8.92. The molecule has 0 N–H and O–H groups in total. The molecule has 4 aromatic carbocycles. The van der Waals surface area contributed by atoms with Crippen LogP contribution >= 0.6 is 0 Å². The van der Waals surface area contributed by atoms with Gasteiger partial charge in [-0.25, -0.2) is 4.79 Å². The van der Waals surface area contributed by atoms with E-state index in [1.54, 1.807) is 14.2 Å². The lowest BCUT2D eigenvalue weighted by atomic mass is 9.88. The Bertz CT molecular complexity index is 1210. The van der Waals surface area contributed by atoms with E-state index in [0.717, 1.165) is 44.5 Å². The predicted molar refractivity (Wildman–Crippen MR) is 124 cm³/mol. The Labute approximate surface area is 182 Å². The van der Waals surface area contributed by atoms with Crippen LogP contribution in [0.4, 0.5) is 0 Å². The highest BCUT2D eigenvalue weighted by atomic mass is 16.5. The van der Waals surface area contributed by atoms with Gasteiger partial charge in [0, 0.05) is 5.56 Å². The number of benzene rings is 4. The van der Waals surface area contributed by atoms with Gasteiger partial charge in [0.1, 0.15) is 11.5 Å². The number of carbonyl (C=O) groups is 1. The fourth-order valence-corrected chi connectivity index (χ4v) is 3.82. The molecule has 0 bridgehead atoms. The Kier molecular flexibility index (Phi) is 5.89. The van der Waals surface area contributed by atoms with Crippen molar-refractivity contribution in [3.8, 4) is 33.8 Å². The first-order valence-electron chi connectivity index (χ1n) is 10.2. The van der Waals surface area contributed by atoms with Gasteiger partial charge in [-0.05, 0) is 64.7 Å². The van der Waals surface area contributed by atoms with Gasteiger partial charge in [0.2, 0.25) is 0 Å². The van der Waals surface area contributed by atoms with Crippen molar-refractivity contribution in [2.45, 2.75) is 6.92 Å². The minimum atomic E-state index is -0.339. The maximum atomic E-state index is 13.0. The Morgan fingerprint density at radius 2 is 1.29 bits per heavy atom. The summed E-state index contributed by atoms with van der Waals surface area (Å²) >= 11 is 0. The number of carbonyl (C=O) groups excluding carboxylic acids is 1. The number of ether oxygens (including phenoxy) is 3. The van der Waals surface area contributed by atoms with Gasteiger partial charge in [-0.1, -0.05) is 48.5 Å². The molecule has 0 fully saturated rings. The summed E-state index contributed by atoms with van der Waals surface area (Å²) in [5, 5.41) is 2.05. The molecular weight excluding hydrogens is 388 g/mol. The summed E-state index contributed by atoms with van der Waals surface area (Å²) in [5.41, 5.74) is 4.30. The van der Waals surface area contributed by atoms with Crippen LogP contribution in [0.25, 0.3) is 33.0 Å². The molecule has 0 atom stereocenters. The van der Waals surface area contributed by atoms with Crippen molar-refractivity contribution < 1.29 is 19.0 Å². The van der Waals surface area contributed by atoms with E-state index >= 15 is 0 Å². The SMILES string of the molecule is CCOC(=O)c1cc(-c2ccc(OC)cc2)c2ccccc2c1-c1ccc(OC)cc1. The van der Waals surface area contributed by atoms with Gasteiger partial charge in [-0.2, -0.15) is 0 Å². The molecule has 0 spiro atoms. The van der Waals surface area contributed by atoms with Crippen molar-refractivity contribution >= 4 is 16.7 Å². The van der Waals surface area contributed by atoms with E-state index < -0.39 is 0 Å². The van der Waals surface area contributed by atoms with Crippen LogP contribution in [-0.4, -0.2) is 26.8 Å². The van der Waals surface area contributed by atoms with E-state index in [1.807, 2.05) is 79.7 Å². The third-order valence-electron chi connectivity index (χ3n) is 5.32. The van der Waals surface area contributed by atoms with E-state index in [2.05, 4.69) is 6.07 Å².